The molecule has 9 nitrogen and oxygen atoms in total. The van der Waals surface area contributed by atoms with E-state index in [1.54, 1.807) is 0 Å². The first-order valence-corrected chi connectivity index (χ1v) is 22.9. The van der Waals surface area contributed by atoms with Crippen LogP contribution in [0.4, 0.5) is 0 Å². The maximum absolute atomic E-state index is 12.1. The van der Waals surface area contributed by atoms with Crippen molar-refractivity contribution in [1.82, 2.24) is 5.32 Å². The summed E-state index contributed by atoms with van der Waals surface area (Å²) >= 11 is 0. The Morgan fingerprint density at radius 3 is 1.58 bits per heavy atom. The van der Waals surface area contributed by atoms with E-state index in [4.69, 9.17) is 13.8 Å². The normalized spacial score (nSPS) is 14.0. The highest BCUT2D eigenvalue weighted by Gasteiger charge is 2.23. The molecule has 3 N–H and O–H groups in total. The predicted octanol–water partition coefficient (Wildman–Crippen LogP) is 11.9. The van der Waals surface area contributed by atoms with Crippen LogP contribution in [-0.2, 0) is 27.9 Å². The average Bonchev–Trinajstić information content (AvgIpc) is 3.17. The van der Waals surface area contributed by atoms with Crippen molar-refractivity contribution in [2.24, 2.45) is 0 Å². The zero-order chi connectivity index (χ0) is 40.3. The first-order valence-electron chi connectivity index (χ1n) is 21.4. The second-order valence-corrected chi connectivity index (χ2v) is 15.4. The number of unbranched alkanes of at least 4 members (excludes halogenated alkanes) is 14. The van der Waals surface area contributed by atoms with Crippen LogP contribution in [-0.4, -0.2) is 54.3 Å². The highest BCUT2D eigenvalue weighted by atomic mass is 31.2. The Hall–Kier alpha value is -2.55. The molecule has 316 valence electrons. The number of phosphoric ester groups is 1. The zero-order valence-corrected chi connectivity index (χ0v) is 35.5. The first-order chi connectivity index (χ1) is 26.8. The number of amides is 1. The molecule has 0 aliphatic heterocycles. The molecular formula is C45H78NO8P. The van der Waals surface area contributed by atoms with Gasteiger partial charge in [-0.3, -0.25) is 18.6 Å². The molecular weight excluding hydrogens is 713 g/mol. The van der Waals surface area contributed by atoms with Crippen molar-refractivity contribution in [3.05, 3.63) is 72.9 Å². The van der Waals surface area contributed by atoms with E-state index in [0.717, 1.165) is 103 Å². The molecule has 0 saturated carbocycles. The van der Waals surface area contributed by atoms with Gasteiger partial charge in [-0.2, -0.15) is 0 Å². The Labute approximate surface area is 335 Å². The molecule has 0 aromatic rings. The van der Waals surface area contributed by atoms with Gasteiger partial charge in [-0.05, 0) is 77.0 Å². The second kappa shape index (κ2) is 41.1. The lowest BCUT2D eigenvalue weighted by Gasteiger charge is -2.15. The minimum Gasteiger partial charge on any atom is -0.463 e. The maximum Gasteiger partial charge on any atom is 0.472 e. The van der Waals surface area contributed by atoms with E-state index in [9.17, 15) is 24.2 Å². The predicted molar refractivity (Wildman–Crippen MR) is 229 cm³/mol. The number of ether oxygens (including phenoxy) is 1. The van der Waals surface area contributed by atoms with Crippen molar-refractivity contribution in [3.8, 4) is 0 Å². The third-order valence-corrected chi connectivity index (χ3v) is 9.60. The van der Waals surface area contributed by atoms with Crippen LogP contribution >= 0.6 is 7.82 Å². The number of carbonyl (C=O) groups excluding carboxylic acids is 2. The van der Waals surface area contributed by atoms with Crippen LogP contribution in [0.15, 0.2) is 72.9 Å². The summed E-state index contributed by atoms with van der Waals surface area (Å²) in [6.07, 6.45) is 49.8. The van der Waals surface area contributed by atoms with Gasteiger partial charge in [-0.15, -0.1) is 0 Å². The smallest absolute Gasteiger partial charge is 0.463 e. The fourth-order valence-corrected chi connectivity index (χ4v) is 6.14. The minimum atomic E-state index is -4.42. The van der Waals surface area contributed by atoms with Crippen LogP contribution in [0.25, 0.3) is 0 Å². The molecule has 0 radical (unpaired) electrons. The van der Waals surface area contributed by atoms with Gasteiger partial charge >= 0.3 is 13.8 Å². The first kappa shape index (κ1) is 52.5. The van der Waals surface area contributed by atoms with Gasteiger partial charge in [0, 0.05) is 19.4 Å². The number of aliphatic hydroxyl groups excluding tert-OH is 1. The van der Waals surface area contributed by atoms with Gasteiger partial charge in [0.25, 0.3) is 0 Å². The van der Waals surface area contributed by atoms with E-state index in [1.165, 1.54) is 38.5 Å². The van der Waals surface area contributed by atoms with Gasteiger partial charge in [-0.1, -0.05) is 151 Å². The molecule has 0 rings (SSSR count). The van der Waals surface area contributed by atoms with Crippen LogP contribution < -0.4 is 5.32 Å². The highest BCUT2D eigenvalue weighted by molar-refractivity contribution is 7.47. The lowest BCUT2D eigenvalue weighted by atomic mass is 10.1. The third kappa shape index (κ3) is 42.4. The molecule has 0 spiro atoms. The summed E-state index contributed by atoms with van der Waals surface area (Å²) in [5.41, 5.74) is 0. The van der Waals surface area contributed by atoms with Gasteiger partial charge in [0.05, 0.1) is 13.2 Å². The highest BCUT2D eigenvalue weighted by Crippen LogP contribution is 2.42. The summed E-state index contributed by atoms with van der Waals surface area (Å²) in [5, 5.41) is 12.7. The molecule has 2 unspecified atom stereocenters. The number of esters is 1. The van der Waals surface area contributed by atoms with E-state index < -0.39 is 26.5 Å². The molecule has 0 aromatic carbocycles. The number of rotatable bonds is 39. The minimum absolute atomic E-state index is 0.0703. The molecule has 0 saturated heterocycles. The second-order valence-electron chi connectivity index (χ2n) is 13.9. The van der Waals surface area contributed by atoms with E-state index in [0.29, 0.717) is 6.42 Å². The van der Waals surface area contributed by atoms with Crippen molar-refractivity contribution >= 4 is 19.7 Å². The molecule has 0 fully saturated rings. The molecule has 10 heteroatoms. The number of hydrogen-bond acceptors (Lipinski definition) is 7. The van der Waals surface area contributed by atoms with Crippen LogP contribution in [0.2, 0.25) is 0 Å². The fourth-order valence-electron chi connectivity index (χ4n) is 5.39. The Morgan fingerprint density at radius 2 is 1.04 bits per heavy atom. The summed E-state index contributed by atoms with van der Waals surface area (Å²) in [6, 6.07) is 0. The number of hydrogen-bond donors (Lipinski definition) is 3. The molecule has 0 aliphatic rings. The Morgan fingerprint density at radius 1 is 0.582 bits per heavy atom. The lowest BCUT2D eigenvalue weighted by molar-refractivity contribution is -0.147. The van der Waals surface area contributed by atoms with Gasteiger partial charge in [0.1, 0.15) is 12.7 Å². The average molecular weight is 792 g/mol. The van der Waals surface area contributed by atoms with Crippen molar-refractivity contribution in [1.29, 1.82) is 0 Å². The fraction of sp³-hybridized carbons (Fsp3) is 0.689. The van der Waals surface area contributed by atoms with E-state index in [2.05, 4.69) is 92.1 Å². The summed E-state index contributed by atoms with van der Waals surface area (Å²) in [7, 11) is -4.42. The topological polar surface area (TPSA) is 131 Å². The quantitative estimate of drug-likeness (QED) is 0.0243. The summed E-state index contributed by atoms with van der Waals surface area (Å²) in [5.74, 6) is -0.543. The molecule has 0 bridgehead atoms. The Kier molecular flexibility index (Phi) is 39.2. The maximum atomic E-state index is 12.1. The van der Waals surface area contributed by atoms with Gasteiger partial charge in [-0.25, -0.2) is 4.57 Å². The van der Waals surface area contributed by atoms with E-state index in [1.807, 2.05) is 0 Å². The molecule has 0 aromatic heterocycles. The van der Waals surface area contributed by atoms with Gasteiger partial charge in [0.15, 0.2) is 0 Å². The summed E-state index contributed by atoms with van der Waals surface area (Å²) in [6.45, 7) is 3.35. The molecule has 0 heterocycles. The number of carbonyl (C=O) groups is 2. The SMILES string of the molecule is CC/C=C\C/C=C\C/C=C\C/C=C\C/C=C\CCCCCCCCCC(=O)NCCOP(=O)(O)OCC(O)COC(=O)CCCCCCC/C=C\CCCC. The largest absolute Gasteiger partial charge is 0.472 e. The van der Waals surface area contributed by atoms with E-state index >= 15 is 0 Å². The number of aliphatic hydroxyl groups is 1. The van der Waals surface area contributed by atoms with Gasteiger partial charge < -0.3 is 20.1 Å². The summed E-state index contributed by atoms with van der Waals surface area (Å²) < 4.78 is 26.8. The summed E-state index contributed by atoms with van der Waals surface area (Å²) in [4.78, 5) is 33.8. The van der Waals surface area contributed by atoms with Crippen LogP contribution in [0.3, 0.4) is 0 Å². The van der Waals surface area contributed by atoms with Crippen LogP contribution in [0, 0.1) is 0 Å². The molecule has 2 atom stereocenters. The van der Waals surface area contributed by atoms with Crippen molar-refractivity contribution in [3.63, 3.8) is 0 Å². The van der Waals surface area contributed by atoms with Crippen LogP contribution in [0.1, 0.15) is 168 Å². The monoisotopic (exact) mass is 792 g/mol. The number of allylic oxidation sites excluding steroid dienone is 12. The lowest BCUT2D eigenvalue weighted by Crippen LogP contribution is -2.27. The molecule has 1 amide bonds. The van der Waals surface area contributed by atoms with E-state index in [-0.39, 0.29) is 32.1 Å². The number of nitrogens with one attached hydrogen (secondary N) is 1. The Balaban J connectivity index is 3.64. The van der Waals surface area contributed by atoms with Crippen molar-refractivity contribution < 1.29 is 37.9 Å². The Bertz CT molecular complexity index is 1130. The van der Waals surface area contributed by atoms with Gasteiger partial charge in [0.2, 0.25) is 5.91 Å². The van der Waals surface area contributed by atoms with Crippen molar-refractivity contribution in [2.45, 2.75) is 174 Å². The number of phosphoric acid groups is 1. The third-order valence-electron chi connectivity index (χ3n) is 8.62. The van der Waals surface area contributed by atoms with Crippen molar-refractivity contribution in [2.75, 3.05) is 26.4 Å². The molecule has 55 heavy (non-hydrogen) atoms. The molecule has 0 aliphatic carbocycles. The van der Waals surface area contributed by atoms with Crippen LogP contribution in [0.5, 0.6) is 0 Å². The zero-order valence-electron chi connectivity index (χ0n) is 34.6. The standard InChI is InChI=1S/C45H78NO8P/c1-3-5-7-9-11-13-15-16-17-18-19-20-21-22-23-24-25-26-28-29-31-33-35-37-44(48)46-39-40-53-55(50,51)54-42-43(47)41-52-45(49)38-36-34-32-30-27-14-12-10-8-6-4-2/h5,7,10-13,16-17,19-20,22-23,43,47H,3-4,6,8-9,14-15,18,21,24-42H2,1-2H3,(H,46,48)(H,50,51)/b7-5-,12-10-,13-11-,17-16-,20-19-,23-22-.